The zero-order valence-corrected chi connectivity index (χ0v) is 21.8. The SMILES string of the molecule is CC(C)C(/C=C/C(C)[C@H]1CCC2C3C(CC[C@@]21C)[C@@]1(C)CC[C@H](O)CC1=C[C@H]3O)C(C)C. The van der Waals surface area contributed by atoms with Gasteiger partial charge in [0.05, 0.1) is 12.2 Å². The largest absolute Gasteiger partial charge is 0.393 e. The van der Waals surface area contributed by atoms with Crippen molar-refractivity contribution >= 4 is 0 Å². The van der Waals surface area contributed by atoms with Crippen LogP contribution in [0.1, 0.15) is 93.4 Å². The van der Waals surface area contributed by atoms with Crippen LogP contribution in [0.2, 0.25) is 0 Å². The van der Waals surface area contributed by atoms with Crippen molar-refractivity contribution in [1.82, 2.24) is 0 Å². The predicted molar refractivity (Wildman–Crippen MR) is 134 cm³/mol. The molecule has 0 aromatic rings. The van der Waals surface area contributed by atoms with E-state index in [-0.39, 0.29) is 17.6 Å². The Morgan fingerprint density at radius 2 is 1.56 bits per heavy atom. The molecular weight excluding hydrogens is 392 g/mol. The number of hydrogen-bond donors (Lipinski definition) is 2. The molecule has 2 heteroatoms. The summed E-state index contributed by atoms with van der Waals surface area (Å²) in [7, 11) is 0. The van der Waals surface area contributed by atoms with Crippen LogP contribution in [0.3, 0.4) is 0 Å². The Morgan fingerprint density at radius 1 is 0.875 bits per heavy atom. The summed E-state index contributed by atoms with van der Waals surface area (Å²) < 4.78 is 0. The Balaban J connectivity index is 1.56. The lowest BCUT2D eigenvalue weighted by atomic mass is 9.46. The van der Waals surface area contributed by atoms with Gasteiger partial charge in [-0.1, -0.05) is 72.3 Å². The Kier molecular flexibility index (Phi) is 6.80. The molecule has 0 bridgehead atoms. The fraction of sp³-hybridized carbons (Fsp3) is 0.867. The summed E-state index contributed by atoms with van der Waals surface area (Å²) in [6, 6.07) is 0. The standard InChI is InChI=1S/C30H50O2/c1-18(2)23(19(3)4)9-8-20(5)24-10-11-25-28-26(13-15-30(24,25)7)29(6)14-12-22(31)16-21(29)17-27(28)32/h8-9,17-20,22-28,31-32H,10-16H2,1-7H3/b9-8+/t20?,22-,24+,25?,26?,27+,28?,29-,30+/m0/s1. The molecule has 32 heavy (non-hydrogen) atoms. The third-order valence-electron chi connectivity index (χ3n) is 11.0. The van der Waals surface area contributed by atoms with Gasteiger partial charge in [-0.2, -0.15) is 0 Å². The molecule has 3 fully saturated rings. The molecular formula is C30H50O2. The van der Waals surface area contributed by atoms with Gasteiger partial charge in [0, 0.05) is 0 Å². The maximum atomic E-state index is 11.4. The number of aliphatic hydroxyl groups is 2. The van der Waals surface area contributed by atoms with Gasteiger partial charge in [0.1, 0.15) is 0 Å². The van der Waals surface area contributed by atoms with Gasteiger partial charge in [-0.05, 0) is 103 Å². The van der Waals surface area contributed by atoms with E-state index in [0.29, 0.717) is 46.8 Å². The van der Waals surface area contributed by atoms with Gasteiger partial charge in [0.25, 0.3) is 0 Å². The van der Waals surface area contributed by atoms with Gasteiger partial charge >= 0.3 is 0 Å². The molecule has 4 aliphatic rings. The molecule has 0 aromatic carbocycles. The van der Waals surface area contributed by atoms with Crippen LogP contribution in [0.4, 0.5) is 0 Å². The van der Waals surface area contributed by atoms with Crippen molar-refractivity contribution < 1.29 is 10.2 Å². The average Bonchev–Trinajstić information content (AvgIpc) is 3.06. The van der Waals surface area contributed by atoms with Crippen LogP contribution >= 0.6 is 0 Å². The minimum Gasteiger partial charge on any atom is -0.393 e. The molecule has 4 aliphatic carbocycles. The predicted octanol–water partition coefficient (Wildman–Crippen LogP) is 7.02. The van der Waals surface area contributed by atoms with E-state index < -0.39 is 0 Å². The molecule has 3 saturated carbocycles. The lowest BCUT2D eigenvalue weighted by Crippen LogP contribution is -2.54. The molecule has 0 spiro atoms. The molecule has 0 radical (unpaired) electrons. The monoisotopic (exact) mass is 442 g/mol. The summed E-state index contributed by atoms with van der Waals surface area (Å²) in [5, 5.41) is 21.6. The highest BCUT2D eigenvalue weighted by Gasteiger charge is 2.61. The second-order valence-corrected chi connectivity index (χ2v) is 13.3. The van der Waals surface area contributed by atoms with Crippen LogP contribution in [0.25, 0.3) is 0 Å². The van der Waals surface area contributed by atoms with Crippen molar-refractivity contribution in [2.75, 3.05) is 0 Å². The number of aliphatic hydroxyl groups excluding tert-OH is 2. The lowest BCUT2D eigenvalue weighted by Gasteiger charge is -2.59. The van der Waals surface area contributed by atoms with Crippen molar-refractivity contribution in [1.29, 1.82) is 0 Å². The Labute approximate surface area is 198 Å². The second-order valence-electron chi connectivity index (χ2n) is 13.3. The first kappa shape index (κ1) is 24.5. The molecule has 2 N–H and O–H groups in total. The van der Waals surface area contributed by atoms with E-state index in [1.54, 1.807) is 0 Å². The lowest BCUT2D eigenvalue weighted by molar-refractivity contribution is -0.0950. The van der Waals surface area contributed by atoms with E-state index in [4.69, 9.17) is 0 Å². The first-order chi connectivity index (χ1) is 15.0. The average molecular weight is 443 g/mol. The topological polar surface area (TPSA) is 40.5 Å². The number of rotatable bonds is 5. The van der Waals surface area contributed by atoms with Crippen LogP contribution < -0.4 is 0 Å². The molecule has 0 aromatic heterocycles. The maximum absolute atomic E-state index is 11.4. The quantitative estimate of drug-likeness (QED) is 0.449. The minimum absolute atomic E-state index is 0.190. The first-order valence-electron chi connectivity index (χ1n) is 13.7. The van der Waals surface area contributed by atoms with E-state index in [9.17, 15) is 10.2 Å². The molecule has 4 unspecified atom stereocenters. The number of fused-ring (bicyclic) bond motifs is 5. The third-order valence-corrected chi connectivity index (χ3v) is 11.0. The maximum Gasteiger partial charge on any atom is 0.0757 e. The van der Waals surface area contributed by atoms with Gasteiger partial charge in [0.2, 0.25) is 0 Å². The van der Waals surface area contributed by atoms with Crippen molar-refractivity contribution in [3.05, 3.63) is 23.8 Å². The first-order valence-corrected chi connectivity index (χ1v) is 13.7. The molecule has 9 atom stereocenters. The summed E-state index contributed by atoms with van der Waals surface area (Å²) in [6.45, 7) is 16.9. The van der Waals surface area contributed by atoms with Gasteiger partial charge in [-0.15, -0.1) is 0 Å². The van der Waals surface area contributed by atoms with E-state index in [1.165, 1.54) is 31.3 Å². The van der Waals surface area contributed by atoms with Crippen molar-refractivity contribution in [2.24, 2.45) is 58.2 Å². The molecule has 0 aliphatic heterocycles. The van der Waals surface area contributed by atoms with Crippen LogP contribution in [0.15, 0.2) is 23.8 Å². The van der Waals surface area contributed by atoms with E-state index >= 15 is 0 Å². The van der Waals surface area contributed by atoms with Gasteiger partial charge in [-0.3, -0.25) is 0 Å². The van der Waals surface area contributed by atoms with Crippen molar-refractivity contribution in [3.8, 4) is 0 Å². The second kappa shape index (κ2) is 8.88. The van der Waals surface area contributed by atoms with Crippen molar-refractivity contribution in [2.45, 2.75) is 106 Å². The zero-order valence-electron chi connectivity index (χ0n) is 21.8. The highest BCUT2D eigenvalue weighted by atomic mass is 16.3. The molecule has 0 saturated heterocycles. The van der Waals surface area contributed by atoms with Crippen LogP contribution in [-0.4, -0.2) is 22.4 Å². The summed E-state index contributed by atoms with van der Waals surface area (Å²) >= 11 is 0. The summed E-state index contributed by atoms with van der Waals surface area (Å²) in [6.07, 6.45) is 14.6. The Morgan fingerprint density at radius 3 is 2.22 bits per heavy atom. The van der Waals surface area contributed by atoms with Gasteiger partial charge < -0.3 is 10.2 Å². The fourth-order valence-electron chi connectivity index (χ4n) is 9.19. The van der Waals surface area contributed by atoms with E-state index in [2.05, 4.69) is 66.7 Å². The van der Waals surface area contributed by atoms with Crippen molar-refractivity contribution in [3.63, 3.8) is 0 Å². The number of hydrogen-bond acceptors (Lipinski definition) is 2. The fourth-order valence-corrected chi connectivity index (χ4v) is 9.19. The van der Waals surface area contributed by atoms with Gasteiger partial charge in [0.15, 0.2) is 0 Å². The minimum atomic E-state index is -0.325. The molecule has 4 rings (SSSR count). The highest BCUT2D eigenvalue weighted by molar-refractivity contribution is 5.28. The zero-order chi connectivity index (χ0) is 23.4. The van der Waals surface area contributed by atoms with Gasteiger partial charge in [-0.25, -0.2) is 0 Å². The normalized spacial score (nSPS) is 45.2. The van der Waals surface area contributed by atoms with Crippen LogP contribution in [-0.2, 0) is 0 Å². The summed E-state index contributed by atoms with van der Waals surface area (Å²) in [5.41, 5.74) is 1.89. The smallest absolute Gasteiger partial charge is 0.0757 e. The summed E-state index contributed by atoms with van der Waals surface area (Å²) in [4.78, 5) is 0. The molecule has 182 valence electrons. The highest BCUT2D eigenvalue weighted by Crippen LogP contribution is 2.67. The third kappa shape index (κ3) is 3.96. The Hall–Kier alpha value is -0.600. The van der Waals surface area contributed by atoms with Crippen LogP contribution in [0.5, 0.6) is 0 Å². The Bertz CT molecular complexity index is 727. The molecule has 2 nitrogen and oxygen atoms in total. The van der Waals surface area contributed by atoms with E-state index in [1.807, 2.05) is 0 Å². The van der Waals surface area contributed by atoms with E-state index in [0.717, 1.165) is 25.2 Å². The number of allylic oxidation sites excluding steroid dienone is 2. The summed E-state index contributed by atoms with van der Waals surface area (Å²) in [5.74, 6) is 4.98. The molecule has 0 heterocycles. The molecule has 0 amide bonds. The van der Waals surface area contributed by atoms with Crippen LogP contribution in [0, 0.1) is 58.2 Å².